The van der Waals surface area contributed by atoms with E-state index < -0.39 is 0 Å². The zero-order valence-corrected chi connectivity index (χ0v) is 24.1. The summed E-state index contributed by atoms with van der Waals surface area (Å²) in [7, 11) is 3.18. The maximum atomic E-state index is 13.4. The Hall–Kier alpha value is -3.96. The van der Waals surface area contributed by atoms with Crippen molar-refractivity contribution in [2.45, 2.75) is 33.2 Å². The minimum absolute atomic E-state index is 0.0129. The minimum atomic E-state index is -0.0873. The largest absolute Gasteiger partial charge is 0.493 e. The van der Waals surface area contributed by atoms with Gasteiger partial charge in [0.25, 0.3) is 5.56 Å². The summed E-state index contributed by atoms with van der Waals surface area (Å²) in [6.45, 7) is 6.43. The molecule has 1 fully saturated rings. The molecule has 2 aromatic heterocycles. The first kappa shape index (κ1) is 28.6. The summed E-state index contributed by atoms with van der Waals surface area (Å²) in [5.74, 6) is 3.39. The van der Waals surface area contributed by atoms with E-state index in [1.165, 1.54) is 0 Å². The van der Waals surface area contributed by atoms with Crippen molar-refractivity contribution in [1.29, 1.82) is 0 Å². The number of piperidine rings is 1. The van der Waals surface area contributed by atoms with E-state index in [4.69, 9.17) is 24.4 Å². The molecule has 0 aliphatic carbocycles. The quantitative estimate of drug-likeness (QED) is 0.298. The summed E-state index contributed by atoms with van der Waals surface area (Å²) in [5.41, 5.74) is 2.48. The molecular weight excluding hydrogens is 524 g/mol. The van der Waals surface area contributed by atoms with Gasteiger partial charge in [0, 0.05) is 44.2 Å². The van der Waals surface area contributed by atoms with Crippen LogP contribution in [0.2, 0.25) is 0 Å². The fraction of sp³-hybridized carbons (Fsp3) is 0.467. The van der Waals surface area contributed by atoms with Crippen LogP contribution in [0, 0.1) is 19.8 Å². The van der Waals surface area contributed by atoms with Crippen LogP contribution in [0.1, 0.15) is 24.2 Å². The van der Waals surface area contributed by atoms with E-state index in [-0.39, 0.29) is 18.8 Å². The summed E-state index contributed by atoms with van der Waals surface area (Å²) in [4.78, 5) is 31.8. The zero-order chi connectivity index (χ0) is 29.1. The van der Waals surface area contributed by atoms with Crippen molar-refractivity contribution >= 4 is 33.6 Å². The predicted molar refractivity (Wildman–Crippen MR) is 159 cm³/mol. The number of methoxy groups -OCH3 is 2. The third-order valence-corrected chi connectivity index (χ3v) is 7.85. The number of rotatable bonds is 10. The molecule has 41 heavy (non-hydrogen) atoms. The van der Waals surface area contributed by atoms with Crippen LogP contribution >= 0.6 is 0 Å². The second kappa shape index (κ2) is 12.3. The molecule has 11 nitrogen and oxygen atoms in total. The van der Waals surface area contributed by atoms with Crippen LogP contribution in [0.15, 0.2) is 35.1 Å². The maximum Gasteiger partial charge on any atom is 0.261 e. The molecule has 0 unspecified atom stereocenters. The van der Waals surface area contributed by atoms with Crippen molar-refractivity contribution in [3.63, 3.8) is 0 Å². The summed E-state index contributed by atoms with van der Waals surface area (Å²) in [5, 5.41) is 20.7. The lowest BCUT2D eigenvalue weighted by Gasteiger charge is -2.34. The average Bonchev–Trinajstić information content (AvgIpc) is 2.98. The fourth-order valence-electron chi connectivity index (χ4n) is 5.61. The molecule has 1 aliphatic heterocycles. The Morgan fingerprint density at radius 1 is 0.902 bits per heavy atom. The van der Waals surface area contributed by atoms with Gasteiger partial charge in [0.05, 0.1) is 43.9 Å². The molecule has 3 heterocycles. The Morgan fingerprint density at radius 3 is 2.24 bits per heavy atom. The van der Waals surface area contributed by atoms with Crippen LogP contribution in [0.4, 0.5) is 11.8 Å². The van der Waals surface area contributed by atoms with E-state index in [1.807, 2.05) is 48.7 Å². The van der Waals surface area contributed by atoms with Crippen molar-refractivity contribution in [3.05, 3.63) is 52.1 Å². The average molecular weight is 563 g/mol. The van der Waals surface area contributed by atoms with Crippen molar-refractivity contribution < 1.29 is 19.7 Å². The standard InChI is InChI=1S/C30H38N6O5/c1-19-5-6-24-23(15-19)29(39)36(20(2)31-24)18-21-7-9-34(10-8-21)28-22-16-26(40-3)27(41-4)17-25(22)32-30(33-28)35(11-13-37)12-14-38/h5-6,15-17,21,37-38H,7-14,18H2,1-4H3. The Kier molecular flexibility index (Phi) is 8.55. The number of aromatic nitrogens is 4. The van der Waals surface area contributed by atoms with Gasteiger partial charge in [-0.3, -0.25) is 9.36 Å². The molecule has 0 atom stereocenters. The van der Waals surface area contributed by atoms with Gasteiger partial charge in [-0.1, -0.05) is 11.6 Å². The molecule has 0 bridgehead atoms. The van der Waals surface area contributed by atoms with Gasteiger partial charge in [0.2, 0.25) is 5.95 Å². The molecule has 0 spiro atoms. The molecule has 2 aromatic carbocycles. The first-order chi connectivity index (χ1) is 19.9. The van der Waals surface area contributed by atoms with Gasteiger partial charge in [0.15, 0.2) is 11.5 Å². The first-order valence-corrected chi connectivity index (χ1v) is 14.0. The second-order valence-electron chi connectivity index (χ2n) is 10.5. The number of fused-ring (bicyclic) bond motifs is 2. The van der Waals surface area contributed by atoms with Crippen LogP contribution in [0.5, 0.6) is 11.5 Å². The van der Waals surface area contributed by atoms with E-state index in [2.05, 4.69) is 4.90 Å². The van der Waals surface area contributed by atoms with E-state index in [0.717, 1.165) is 54.0 Å². The SMILES string of the molecule is COc1cc2nc(N(CCO)CCO)nc(N3CCC(Cn4c(C)nc5ccc(C)cc5c4=O)CC3)c2cc1OC. The highest BCUT2D eigenvalue weighted by atomic mass is 16.5. The Labute approximate surface area is 239 Å². The van der Waals surface area contributed by atoms with Crippen LogP contribution in [-0.4, -0.2) is 83.3 Å². The summed E-state index contributed by atoms with van der Waals surface area (Å²) >= 11 is 0. The number of anilines is 2. The second-order valence-corrected chi connectivity index (χ2v) is 10.5. The Morgan fingerprint density at radius 2 is 1.59 bits per heavy atom. The highest BCUT2D eigenvalue weighted by Gasteiger charge is 2.26. The monoisotopic (exact) mass is 562 g/mol. The van der Waals surface area contributed by atoms with Gasteiger partial charge in [-0.25, -0.2) is 9.97 Å². The molecule has 1 aliphatic rings. The maximum absolute atomic E-state index is 13.4. The molecule has 4 aromatic rings. The number of nitrogens with zero attached hydrogens (tertiary/aromatic N) is 6. The molecule has 218 valence electrons. The van der Waals surface area contributed by atoms with Gasteiger partial charge in [-0.05, 0) is 50.8 Å². The Balaban J connectivity index is 1.44. The lowest BCUT2D eigenvalue weighted by atomic mass is 9.96. The third-order valence-electron chi connectivity index (χ3n) is 7.85. The van der Waals surface area contributed by atoms with Crippen molar-refractivity contribution in [2.24, 2.45) is 5.92 Å². The first-order valence-electron chi connectivity index (χ1n) is 14.0. The molecule has 0 amide bonds. The molecular formula is C30H38N6O5. The lowest BCUT2D eigenvalue weighted by molar-refractivity contribution is 0.280. The topological polar surface area (TPSA) is 126 Å². The number of aliphatic hydroxyl groups excluding tert-OH is 2. The molecule has 5 rings (SSSR count). The van der Waals surface area contributed by atoms with Crippen LogP contribution < -0.4 is 24.8 Å². The predicted octanol–water partition coefficient (Wildman–Crippen LogP) is 2.68. The lowest BCUT2D eigenvalue weighted by Crippen LogP contribution is -2.38. The van der Waals surface area contributed by atoms with Crippen LogP contribution in [0.3, 0.4) is 0 Å². The van der Waals surface area contributed by atoms with Crippen molar-refractivity contribution in [3.8, 4) is 11.5 Å². The number of ether oxygens (including phenoxy) is 2. The van der Waals surface area contributed by atoms with Crippen LogP contribution in [0.25, 0.3) is 21.8 Å². The number of hydrogen-bond acceptors (Lipinski definition) is 10. The van der Waals surface area contributed by atoms with Gasteiger partial charge >= 0.3 is 0 Å². The summed E-state index contributed by atoms with van der Waals surface area (Å²) in [6, 6.07) is 9.54. The van der Waals surface area contributed by atoms with Gasteiger partial charge in [-0.2, -0.15) is 4.98 Å². The smallest absolute Gasteiger partial charge is 0.261 e. The van der Waals surface area contributed by atoms with E-state index >= 15 is 0 Å². The number of aryl methyl sites for hydroxylation is 2. The number of hydrogen-bond donors (Lipinski definition) is 2. The van der Waals surface area contributed by atoms with Crippen molar-refractivity contribution in [2.75, 3.05) is 63.4 Å². The highest BCUT2D eigenvalue weighted by molar-refractivity contribution is 5.93. The fourth-order valence-corrected chi connectivity index (χ4v) is 5.61. The molecule has 2 N–H and O–H groups in total. The van der Waals surface area contributed by atoms with Crippen LogP contribution in [-0.2, 0) is 6.54 Å². The molecule has 1 saturated heterocycles. The normalized spacial score (nSPS) is 14.1. The van der Waals surface area contributed by atoms with Crippen molar-refractivity contribution in [1.82, 2.24) is 19.5 Å². The molecule has 0 saturated carbocycles. The van der Waals surface area contributed by atoms with Gasteiger partial charge in [0.1, 0.15) is 11.6 Å². The third kappa shape index (κ3) is 5.77. The summed E-state index contributed by atoms with van der Waals surface area (Å²) < 4.78 is 12.9. The van der Waals surface area contributed by atoms with E-state index in [1.54, 1.807) is 19.1 Å². The minimum Gasteiger partial charge on any atom is -0.493 e. The molecule has 0 radical (unpaired) electrons. The molecule has 11 heteroatoms. The number of aliphatic hydroxyl groups is 2. The zero-order valence-electron chi connectivity index (χ0n) is 24.1. The van der Waals surface area contributed by atoms with Gasteiger partial charge < -0.3 is 29.5 Å². The van der Waals surface area contributed by atoms with E-state index in [0.29, 0.717) is 53.9 Å². The summed E-state index contributed by atoms with van der Waals surface area (Å²) in [6.07, 6.45) is 1.76. The van der Waals surface area contributed by atoms with Gasteiger partial charge in [-0.15, -0.1) is 0 Å². The highest BCUT2D eigenvalue weighted by Crippen LogP contribution is 2.37. The Bertz CT molecular complexity index is 1590. The van der Waals surface area contributed by atoms with E-state index in [9.17, 15) is 15.0 Å². The number of benzene rings is 2.